The molecule has 0 bridgehead atoms. The molecule has 2 unspecified atom stereocenters. The first kappa shape index (κ1) is 11.9. The van der Waals surface area contributed by atoms with Crippen molar-refractivity contribution < 1.29 is 0 Å². The van der Waals surface area contributed by atoms with Crippen molar-refractivity contribution in [2.24, 2.45) is 0 Å². The summed E-state index contributed by atoms with van der Waals surface area (Å²) in [5, 5.41) is 14.1. The van der Waals surface area contributed by atoms with E-state index in [4.69, 9.17) is 0 Å². The quantitative estimate of drug-likeness (QED) is 0.736. The van der Waals surface area contributed by atoms with Gasteiger partial charge in [0.1, 0.15) is 5.01 Å². The molecule has 1 fully saturated rings. The molecular weight excluding hydrogens is 274 g/mol. The summed E-state index contributed by atoms with van der Waals surface area (Å²) in [6.45, 7) is 2.15. The molecule has 2 N–H and O–H groups in total. The molecule has 0 aliphatic carbocycles. The second kappa shape index (κ2) is 4.58. The van der Waals surface area contributed by atoms with Crippen molar-refractivity contribution in [3.8, 4) is 11.4 Å². The monoisotopic (exact) mass is 287 g/mol. The number of aromatic nitrogens is 5. The van der Waals surface area contributed by atoms with Crippen LogP contribution in [0, 0.1) is 0 Å². The summed E-state index contributed by atoms with van der Waals surface area (Å²) in [6.07, 6.45) is 4.53. The van der Waals surface area contributed by atoms with Gasteiger partial charge in [0.15, 0.2) is 5.82 Å². The van der Waals surface area contributed by atoms with Crippen LogP contribution in [-0.2, 0) is 0 Å². The summed E-state index contributed by atoms with van der Waals surface area (Å²) in [4.78, 5) is 4.92. The smallest absolute Gasteiger partial charge is 0.235 e. The number of hydrazine groups is 1. The molecule has 1 aliphatic heterocycles. The van der Waals surface area contributed by atoms with Crippen LogP contribution < -0.4 is 10.9 Å². The average molecular weight is 287 g/mol. The minimum atomic E-state index is 0.235. The van der Waals surface area contributed by atoms with Crippen LogP contribution >= 0.6 is 11.3 Å². The molecule has 0 saturated carbocycles. The molecule has 0 amide bonds. The van der Waals surface area contributed by atoms with Crippen LogP contribution in [0.25, 0.3) is 16.3 Å². The number of nitrogens with one attached hydrogen (secondary N) is 2. The lowest BCUT2D eigenvalue weighted by atomic mass is 10.2. The van der Waals surface area contributed by atoms with E-state index in [1.807, 2.05) is 12.1 Å². The Hall–Kier alpha value is -1.90. The fourth-order valence-electron chi connectivity index (χ4n) is 2.32. The summed E-state index contributed by atoms with van der Waals surface area (Å²) in [7, 11) is 0. The first-order chi connectivity index (χ1) is 9.81. The molecule has 0 radical (unpaired) electrons. The van der Waals surface area contributed by atoms with Gasteiger partial charge < -0.3 is 0 Å². The minimum absolute atomic E-state index is 0.235. The zero-order chi connectivity index (χ0) is 13.5. The van der Waals surface area contributed by atoms with Crippen LogP contribution in [0.1, 0.15) is 24.4 Å². The van der Waals surface area contributed by atoms with Gasteiger partial charge in [-0.2, -0.15) is 9.61 Å². The number of hydrogen-bond acceptors (Lipinski definition) is 7. The van der Waals surface area contributed by atoms with Crippen LogP contribution in [0.3, 0.4) is 0 Å². The molecule has 4 heterocycles. The van der Waals surface area contributed by atoms with E-state index in [0.717, 1.165) is 27.8 Å². The number of hydrogen-bond donors (Lipinski definition) is 2. The molecule has 8 heteroatoms. The Morgan fingerprint density at radius 1 is 1.35 bits per heavy atom. The molecule has 2 atom stereocenters. The van der Waals surface area contributed by atoms with Gasteiger partial charge in [-0.15, -0.1) is 10.2 Å². The van der Waals surface area contributed by atoms with Crippen LogP contribution in [-0.4, -0.2) is 30.8 Å². The van der Waals surface area contributed by atoms with Crippen LogP contribution in [0.4, 0.5) is 0 Å². The highest BCUT2D eigenvalue weighted by Crippen LogP contribution is 2.28. The highest BCUT2D eigenvalue weighted by Gasteiger charge is 2.26. The third-order valence-electron chi connectivity index (χ3n) is 3.32. The maximum absolute atomic E-state index is 4.65. The van der Waals surface area contributed by atoms with Crippen molar-refractivity contribution in [1.29, 1.82) is 0 Å². The lowest BCUT2D eigenvalue weighted by Gasteiger charge is -2.02. The Morgan fingerprint density at radius 3 is 3.05 bits per heavy atom. The first-order valence-electron chi connectivity index (χ1n) is 6.45. The summed E-state index contributed by atoms with van der Waals surface area (Å²) in [6, 6.07) is 4.53. The summed E-state index contributed by atoms with van der Waals surface area (Å²) in [5.41, 5.74) is 7.39. The molecule has 1 saturated heterocycles. The van der Waals surface area contributed by atoms with Crippen molar-refractivity contribution in [1.82, 2.24) is 35.6 Å². The number of nitrogens with zero attached hydrogens (tertiary/aromatic N) is 5. The fourth-order valence-corrected chi connectivity index (χ4v) is 3.23. The van der Waals surface area contributed by atoms with E-state index in [1.165, 1.54) is 0 Å². The topological polar surface area (TPSA) is 80.0 Å². The third-order valence-corrected chi connectivity index (χ3v) is 4.33. The van der Waals surface area contributed by atoms with Gasteiger partial charge >= 0.3 is 0 Å². The van der Waals surface area contributed by atoms with Gasteiger partial charge in [0.05, 0.1) is 6.04 Å². The zero-order valence-corrected chi connectivity index (χ0v) is 11.6. The Labute approximate surface area is 119 Å². The summed E-state index contributed by atoms with van der Waals surface area (Å²) >= 11 is 1.57. The normalized spacial score (nSPS) is 22.6. The van der Waals surface area contributed by atoms with Crippen molar-refractivity contribution >= 4 is 16.3 Å². The SMILES string of the molecule is CC1CC(c2nn3c(-c4cccnc4)nnc3s2)NN1. The van der Waals surface area contributed by atoms with E-state index in [2.05, 4.69) is 38.1 Å². The molecule has 7 nitrogen and oxygen atoms in total. The lowest BCUT2D eigenvalue weighted by molar-refractivity contribution is 0.555. The van der Waals surface area contributed by atoms with E-state index in [1.54, 1.807) is 28.2 Å². The van der Waals surface area contributed by atoms with Gasteiger partial charge in [0, 0.05) is 24.0 Å². The van der Waals surface area contributed by atoms with E-state index < -0.39 is 0 Å². The van der Waals surface area contributed by atoms with E-state index >= 15 is 0 Å². The minimum Gasteiger partial charge on any atom is -0.264 e. The van der Waals surface area contributed by atoms with Gasteiger partial charge in [-0.25, -0.2) is 5.43 Å². The van der Waals surface area contributed by atoms with Crippen molar-refractivity contribution in [2.75, 3.05) is 0 Å². The Kier molecular flexibility index (Phi) is 2.72. The lowest BCUT2D eigenvalue weighted by Crippen LogP contribution is -2.28. The second-order valence-corrected chi connectivity index (χ2v) is 5.87. The largest absolute Gasteiger partial charge is 0.264 e. The standard InChI is InChI=1S/C12H13N7S/c1-7-5-9(15-14-7)11-18-19-10(16-17-12(19)20-11)8-3-2-4-13-6-8/h2-4,6-7,9,14-15H,5H2,1H3. The summed E-state index contributed by atoms with van der Waals surface area (Å²) in [5.74, 6) is 0.731. The molecule has 0 aromatic carbocycles. The van der Waals surface area contributed by atoms with Gasteiger partial charge in [-0.3, -0.25) is 10.4 Å². The second-order valence-electron chi connectivity index (χ2n) is 4.88. The molecule has 1 aliphatic rings. The fraction of sp³-hybridized carbons (Fsp3) is 0.333. The van der Waals surface area contributed by atoms with E-state index in [9.17, 15) is 0 Å². The average Bonchev–Trinajstić information content (AvgIpc) is 3.13. The maximum Gasteiger partial charge on any atom is 0.235 e. The first-order valence-corrected chi connectivity index (χ1v) is 7.26. The van der Waals surface area contributed by atoms with Crippen molar-refractivity contribution in [2.45, 2.75) is 25.4 Å². The Bertz CT molecular complexity index is 735. The van der Waals surface area contributed by atoms with Gasteiger partial charge in [0.2, 0.25) is 4.96 Å². The molecule has 20 heavy (non-hydrogen) atoms. The predicted octanol–water partition coefficient (Wildman–Crippen LogP) is 1.18. The van der Waals surface area contributed by atoms with Crippen molar-refractivity contribution in [3.63, 3.8) is 0 Å². The van der Waals surface area contributed by atoms with Gasteiger partial charge in [-0.1, -0.05) is 11.3 Å². The van der Waals surface area contributed by atoms with Crippen molar-refractivity contribution in [3.05, 3.63) is 29.5 Å². The Balaban J connectivity index is 1.76. The van der Waals surface area contributed by atoms with Gasteiger partial charge in [-0.05, 0) is 25.5 Å². The van der Waals surface area contributed by atoms with E-state index in [-0.39, 0.29) is 6.04 Å². The highest BCUT2D eigenvalue weighted by molar-refractivity contribution is 7.16. The Morgan fingerprint density at radius 2 is 2.30 bits per heavy atom. The summed E-state index contributed by atoms with van der Waals surface area (Å²) < 4.78 is 1.79. The molecule has 0 spiro atoms. The van der Waals surface area contributed by atoms with Crippen LogP contribution in [0.15, 0.2) is 24.5 Å². The molecule has 102 valence electrons. The van der Waals surface area contributed by atoms with Crippen LogP contribution in [0.5, 0.6) is 0 Å². The van der Waals surface area contributed by atoms with E-state index in [0.29, 0.717) is 6.04 Å². The maximum atomic E-state index is 4.65. The molecular formula is C12H13N7S. The molecule has 3 aromatic rings. The molecule has 3 aromatic heterocycles. The number of rotatable bonds is 2. The zero-order valence-electron chi connectivity index (χ0n) is 10.8. The molecule has 4 rings (SSSR count). The number of fused-ring (bicyclic) bond motifs is 1. The van der Waals surface area contributed by atoms with Crippen LogP contribution in [0.2, 0.25) is 0 Å². The predicted molar refractivity (Wildman–Crippen MR) is 75.0 cm³/mol. The number of pyridine rings is 1. The highest BCUT2D eigenvalue weighted by atomic mass is 32.1. The third kappa shape index (κ3) is 1.89. The van der Waals surface area contributed by atoms with Gasteiger partial charge in [0.25, 0.3) is 0 Å².